The average molecular weight is 173 g/mol. The molecule has 0 aromatic rings. The first-order valence-corrected chi connectivity index (χ1v) is 4.94. The second kappa shape index (κ2) is 4.15. The van der Waals surface area contributed by atoms with Gasteiger partial charge in [0.1, 0.15) is 0 Å². The normalized spacial score (nSPS) is 37.5. The van der Waals surface area contributed by atoms with E-state index < -0.39 is 0 Å². The van der Waals surface area contributed by atoms with Crippen LogP contribution in [0.2, 0.25) is 0 Å². The number of rotatable bonds is 3. The Morgan fingerprint density at radius 3 is 2.73 bits per heavy atom. The lowest BCUT2D eigenvalue weighted by molar-refractivity contribution is 0.397. The van der Waals surface area contributed by atoms with Gasteiger partial charge in [0.25, 0.3) is 0 Å². The maximum absolute atomic E-state index is 6.11. The topological polar surface area (TPSA) is 0 Å². The molecule has 3 unspecified atom stereocenters. The Morgan fingerprint density at radius 2 is 2.27 bits per heavy atom. The molecule has 0 bridgehead atoms. The zero-order valence-corrected chi connectivity index (χ0v) is 7.98. The van der Waals surface area contributed by atoms with Gasteiger partial charge in [-0.25, -0.2) is 0 Å². The molecular formula is C10H17Cl. The van der Waals surface area contributed by atoms with Crippen molar-refractivity contribution in [2.24, 2.45) is 11.8 Å². The van der Waals surface area contributed by atoms with Crippen molar-refractivity contribution >= 4 is 11.6 Å². The van der Waals surface area contributed by atoms with Gasteiger partial charge in [0.15, 0.2) is 0 Å². The predicted molar refractivity (Wildman–Crippen MR) is 51.0 cm³/mol. The molecule has 3 atom stereocenters. The first kappa shape index (κ1) is 9.12. The van der Waals surface area contributed by atoms with Gasteiger partial charge < -0.3 is 0 Å². The van der Waals surface area contributed by atoms with Crippen LogP contribution < -0.4 is 0 Å². The van der Waals surface area contributed by atoms with E-state index in [1.54, 1.807) is 0 Å². The van der Waals surface area contributed by atoms with Crippen molar-refractivity contribution in [3.63, 3.8) is 0 Å². The summed E-state index contributed by atoms with van der Waals surface area (Å²) in [6.07, 6.45) is 6.98. The molecule has 1 aliphatic carbocycles. The molecule has 0 aromatic carbocycles. The van der Waals surface area contributed by atoms with Crippen LogP contribution in [0, 0.1) is 11.8 Å². The summed E-state index contributed by atoms with van der Waals surface area (Å²) in [6, 6.07) is 0. The number of hydrogen-bond donors (Lipinski definition) is 0. The van der Waals surface area contributed by atoms with E-state index >= 15 is 0 Å². The predicted octanol–water partition coefficient (Wildman–Crippen LogP) is 3.61. The van der Waals surface area contributed by atoms with Crippen LogP contribution in [0.1, 0.15) is 32.6 Å². The van der Waals surface area contributed by atoms with Gasteiger partial charge in [-0.3, -0.25) is 0 Å². The largest absolute Gasteiger partial charge is 0.123 e. The second-order valence-corrected chi connectivity index (χ2v) is 4.14. The Balaban J connectivity index is 2.29. The Morgan fingerprint density at radius 1 is 1.55 bits per heavy atom. The van der Waals surface area contributed by atoms with Gasteiger partial charge in [-0.15, -0.1) is 18.2 Å². The lowest BCUT2D eigenvalue weighted by atomic mass is 9.93. The highest BCUT2D eigenvalue weighted by atomic mass is 35.5. The smallest absolute Gasteiger partial charge is 0.0364 e. The summed E-state index contributed by atoms with van der Waals surface area (Å²) in [4.78, 5) is 0. The number of allylic oxidation sites excluding steroid dienone is 1. The molecule has 64 valence electrons. The van der Waals surface area contributed by atoms with Gasteiger partial charge in [0.2, 0.25) is 0 Å². The molecule has 0 radical (unpaired) electrons. The van der Waals surface area contributed by atoms with Gasteiger partial charge in [-0.05, 0) is 37.5 Å². The van der Waals surface area contributed by atoms with Crippen molar-refractivity contribution in [3.05, 3.63) is 12.7 Å². The van der Waals surface area contributed by atoms with Crippen LogP contribution in [-0.4, -0.2) is 5.38 Å². The standard InChI is InChI=1S/C10H17Cl/c1-3-4-5-9-6-7-10(11)8(9)2/h3,8-10H,1,4-7H2,2H3. The maximum Gasteiger partial charge on any atom is 0.0364 e. The zero-order valence-electron chi connectivity index (χ0n) is 7.22. The molecule has 0 nitrogen and oxygen atoms in total. The number of alkyl halides is 1. The van der Waals surface area contributed by atoms with Crippen LogP contribution in [0.4, 0.5) is 0 Å². The highest BCUT2D eigenvalue weighted by Crippen LogP contribution is 2.37. The molecule has 1 heteroatoms. The Kier molecular flexibility index (Phi) is 3.45. The van der Waals surface area contributed by atoms with Gasteiger partial charge in [-0.2, -0.15) is 0 Å². The van der Waals surface area contributed by atoms with E-state index in [1.165, 1.54) is 19.3 Å². The van der Waals surface area contributed by atoms with Crippen LogP contribution in [0.25, 0.3) is 0 Å². The van der Waals surface area contributed by atoms with E-state index in [0.29, 0.717) is 5.38 Å². The summed E-state index contributed by atoms with van der Waals surface area (Å²) in [7, 11) is 0. The van der Waals surface area contributed by atoms with Crippen molar-refractivity contribution < 1.29 is 0 Å². The molecule has 0 aliphatic heterocycles. The molecule has 11 heavy (non-hydrogen) atoms. The first-order chi connectivity index (χ1) is 5.25. The fourth-order valence-electron chi connectivity index (χ4n) is 1.93. The molecule has 0 amide bonds. The minimum atomic E-state index is 0.435. The quantitative estimate of drug-likeness (QED) is 0.451. The van der Waals surface area contributed by atoms with Crippen molar-refractivity contribution in [2.45, 2.75) is 38.0 Å². The summed E-state index contributed by atoms with van der Waals surface area (Å²) in [6.45, 7) is 6.01. The van der Waals surface area contributed by atoms with Crippen molar-refractivity contribution in [3.8, 4) is 0 Å². The van der Waals surface area contributed by atoms with Gasteiger partial charge >= 0.3 is 0 Å². The fourth-order valence-corrected chi connectivity index (χ4v) is 2.27. The van der Waals surface area contributed by atoms with Gasteiger partial charge in [0, 0.05) is 5.38 Å². The first-order valence-electron chi connectivity index (χ1n) is 4.50. The molecule has 1 saturated carbocycles. The maximum atomic E-state index is 6.11. The van der Waals surface area contributed by atoms with Crippen LogP contribution in [-0.2, 0) is 0 Å². The third-order valence-corrected chi connectivity index (χ3v) is 3.48. The third kappa shape index (κ3) is 2.23. The van der Waals surface area contributed by atoms with Crippen LogP contribution in [0.5, 0.6) is 0 Å². The van der Waals surface area contributed by atoms with Gasteiger partial charge in [0.05, 0.1) is 0 Å². The number of hydrogen-bond acceptors (Lipinski definition) is 0. The van der Waals surface area contributed by atoms with Gasteiger partial charge in [-0.1, -0.05) is 13.0 Å². The Bertz CT molecular complexity index is 131. The molecular weight excluding hydrogens is 156 g/mol. The summed E-state index contributed by atoms with van der Waals surface area (Å²) in [5.41, 5.74) is 0. The third-order valence-electron chi connectivity index (χ3n) is 2.87. The molecule has 1 rings (SSSR count). The van der Waals surface area contributed by atoms with E-state index in [2.05, 4.69) is 13.5 Å². The molecule has 1 aliphatic rings. The van der Waals surface area contributed by atoms with Crippen LogP contribution in [0.3, 0.4) is 0 Å². The van der Waals surface area contributed by atoms with E-state index in [-0.39, 0.29) is 0 Å². The molecule has 0 spiro atoms. The molecule has 1 fully saturated rings. The average Bonchev–Trinajstić information content (AvgIpc) is 2.31. The molecule has 0 N–H and O–H groups in total. The Labute approximate surface area is 74.6 Å². The summed E-state index contributed by atoms with van der Waals surface area (Å²) >= 11 is 6.11. The fraction of sp³-hybridized carbons (Fsp3) is 0.800. The van der Waals surface area contributed by atoms with E-state index in [9.17, 15) is 0 Å². The Hall–Kier alpha value is 0.0300. The molecule has 0 aromatic heterocycles. The second-order valence-electron chi connectivity index (χ2n) is 3.58. The van der Waals surface area contributed by atoms with E-state index in [1.807, 2.05) is 6.08 Å². The van der Waals surface area contributed by atoms with Crippen LogP contribution in [0.15, 0.2) is 12.7 Å². The van der Waals surface area contributed by atoms with Crippen molar-refractivity contribution in [1.29, 1.82) is 0 Å². The summed E-state index contributed by atoms with van der Waals surface area (Å²) < 4.78 is 0. The number of halogens is 1. The minimum absolute atomic E-state index is 0.435. The lowest BCUT2D eigenvalue weighted by Gasteiger charge is -2.15. The molecule has 0 heterocycles. The summed E-state index contributed by atoms with van der Waals surface area (Å²) in [5.74, 6) is 1.58. The van der Waals surface area contributed by atoms with E-state index in [0.717, 1.165) is 18.3 Å². The minimum Gasteiger partial charge on any atom is -0.123 e. The monoisotopic (exact) mass is 172 g/mol. The van der Waals surface area contributed by atoms with Crippen LogP contribution >= 0.6 is 11.6 Å². The highest BCUT2D eigenvalue weighted by Gasteiger charge is 2.30. The zero-order chi connectivity index (χ0) is 8.27. The van der Waals surface area contributed by atoms with Crippen molar-refractivity contribution in [1.82, 2.24) is 0 Å². The summed E-state index contributed by atoms with van der Waals surface area (Å²) in [5, 5.41) is 0.435. The van der Waals surface area contributed by atoms with Crippen molar-refractivity contribution in [2.75, 3.05) is 0 Å². The van der Waals surface area contributed by atoms with E-state index in [4.69, 9.17) is 11.6 Å². The SMILES string of the molecule is C=CCCC1CCC(Cl)C1C. The lowest BCUT2D eigenvalue weighted by Crippen LogP contribution is -2.10. The molecule has 0 saturated heterocycles. The highest BCUT2D eigenvalue weighted by molar-refractivity contribution is 6.20.